The molecule has 1 saturated heterocycles. The first-order valence-corrected chi connectivity index (χ1v) is 6.94. The number of rotatable bonds is 3. The Bertz CT molecular complexity index is 459. The molecular weight excluding hydrogens is 240 g/mol. The zero-order valence-electron chi connectivity index (χ0n) is 11.7. The van der Waals surface area contributed by atoms with Crippen molar-refractivity contribution in [3.8, 4) is 0 Å². The third-order valence-electron chi connectivity index (χ3n) is 3.54. The van der Waals surface area contributed by atoms with Crippen LogP contribution >= 0.6 is 0 Å². The van der Waals surface area contributed by atoms with Crippen LogP contribution in [0.15, 0.2) is 18.2 Å². The second-order valence-corrected chi connectivity index (χ2v) is 5.16. The molecule has 1 atom stereocenters. The second kappa shape index (κ2) is 5.95. The molecule has 104 valence electrons. The van der Waals surface area contributed by atoms with E-state index < -0.39 is 0 Å². The Balaban J connectivity index is 2.34. The summed E-state index contributed by atoms with van der Waals surface area (Å²) >= 11 is 0. The molecule has 1 fully saturated rings. The summed E-state index contributed by atoms with van der Waals surface area (Å²) in [6, 6.07) is 5.44. The summed E-state index contributed by atoms with van der Waals surface area (Å²) in [6.07, 6.45) is 2.37. The Morgan fingerprint density at radius 1 is 1.53 bits per heavy atom. The number of nitrogens with two attached hydrogens (primary N) is 1. The zero-order chi connectivity index (χ0) is 13.8. The fourth-order valence-corrected chi connectivity index (χ4v) is 2.68. The van der Waals surface area contributed by atoms with E-state index in [2.05, 4.69) is 11.8 Å². The second-order valence-electron chi connectivity index (χ2n) is 5.16. The fraction of sp³-hybridized carbons (Fsp3) is 0.533. The molecule has 0 radical (unpaired) electrons. The number of hydrogen-bond acceptors (Lipinski definition) is 4. The molecule has 0 aliphatic carbocycles. The van der Waals surface area contributed by atoms with Gasteiger partial charge in [-0.05, 0) is 37.8 Å². The average Bonchev–Trinajstić information content (AvgIpc) is 2.38. The summed E-state index contributed by atoms with van der Waals surface area (Å²) in [7, 11) is 0. The lowest BCUT2D eigenvalue weighted by Gasteiger charge is -2.34. The van der Waals surface area contributed by atoms with Gasteiger partial charge < -0.3 is 15.4 Å². The van der Waals surface area contributed by atoms with E-state index in [1.807, 2.05) is 13.0 Å². The third-order valence-corrected chi connectivity index (χ3v) is 3.54. The molecule has 0 aromatic heterocycles. The van der Waals surface area contributed by atoms with Crippen LogP contribution in [0.25, 0.3) is 0 Å². The van der Waals surface area contributed by atoms with Crippen molar-refractivity contribution in [3.63, 3.8) is 0 Å². The molecule has 1 aromatic carbocycles. The largest absolute Gasteiger partial charge is 0.462 e. The zero-order valence-corrected chi connectivity index (χ0v) is 11.7. The Labute approximate surface area is 114 Å². The van der Waals surface area contributed by atoms with E-state index in [4.69, 9.17) is 10.5 Å². The van der Waals surface area contributed by atoms with Crippen LogP contribution in [0.5, 0.6) is 0 Å². The minimum absolute atomic E-state index is 0.289. The lowest BCUT2D eigenvalue weighted by atomic mass is 9.98. The summed E-state index contributed by atoms with van der Waals surface area (Å²) in [4.78, 5) is 14.3. The summed E-state index contributed by atoms with van der Waals surface area (Å²) in [5.41, 5.74) is 8.15. The molecule has 1 aliphatic heterocycles. The third kappa shape index (κ3) is 3.00. The Kier molecular flexibility index (Phi) is 4.30. The lowest BCUT2D eigenvalue weighted by molar-refractivity contribution is 0.0527. The van der Waals surface area contributed by atoms with Crippen molar-refractivity contribution in [2.75, 3.05) is 30.3 Å². The van der Waals surface area contributed by atoms with Crippen LogP contribution in [0.2, 0.25) is 0 Å². The van der Waals surface area contributed by atoms with E-state index in [0.717, 1.165) is 25.2 Å². The standard InChI is InChI=1S/C15H22N2O2/c1-3-19-15(18)12-7-4-8-13(16)14(12)17-9-5-6-11(2)10-17/h4,7-8,11H,3,5-6,9-10,16H2,1-2H3. The molecular formula is C15H22N2O2. The van der Waals surface area contributed by atoms with E-state index in [1.54, 1.807) is 12.1 Å². The number of nitrogens with zero attached hydrogens (tertiary/aromatic N) is 1. The maximum Gasteiger partial charge on any atom is 0.340 e. The van der Waals surface area contributed by atoms with Crippen molar-refractivity contribution >= 4 is 17.3 Å². The Hall–Kier alpha value is -1.71. The van der Waals surface area contributed by atoms with Crippen LogP contribution in [0.1, 0.15) is 37.0 Å². The van der Waals surface area contributed by atoms with Crippen LogP contribution < -0.4 is 10.6 Å². The van der Waals surface area contributed by atoms with Gasteiger partial charge in [-0.1, -0.05) is 13.0 Å². The van der Waals surface area contributed by atoms with Crippen LogP contribution in [0.4, 0.5) is 11.4 Å². The minimum Gasteiger partial charge on any atom is -0.462 e. The molecule has 0 saturated carbocycles. The van der Waals surface area contributed by atoms with Gasteiger partial charge in [0, 0.05) is 13.1 Å². The van der Waals surface area contributed by atoms with Crippen molar-refractivity contribution in [2.45, 2.75) is 26.7 Å². The number of carbonyl (C=O) groups excluding carboxylic acids is 1. The molecule has 2 rings (SSSR count). The number of nitrogen functional groups attached to an aromatic ring is 1. The maximum atomic E-state index is 12.0. The highest BCUT2D eigenvalue weighted by Crippen LogP contribution is 2.32. The molecule has 0 amide bonds. The van der Waals surface area contributed by atoms with Crippen molar-refractivity contribution in [2.24, 2.45) is 5.92 Å². The topological polar surface area (TPSA) is 55.6 Å². The molecule has 2 N–H and O–H groups in total. The van der Waals surface area contributed by atoms with Gasteiger partial charge in [-0.3, -0.25) is 0 Å². The number of hydrogen-bond donors (Lipinski definition) is 1. The molecule has 1 aliphatic rings. The van der Waals surface area contributed by atoms with Crippen LogP contribution in [-0.4, -0.2) is 25.7 Å². The molecule has 1 heterocycles. The number of ether oxygens (including phenoxy) is 1. The van der Waals surface area contributed by atoms with Gasteiger partial charge in [-0.15, -0.1) is 0 Å². The first-order chi connectivity index (χ1) is 9.13. The predicted molar refractivity (Wildman–Crippen MR) is 77.4 cm³/mol. The van der Waals surface area contributed by atoms with Crippen molar-refractivity contribution in [1.82, 2.24) is 0 Å². The van der Waals surface area contributed by atoms with Crippen LogP contribution in [-0.2, 0) is 4.74 Å². The first kappa shape index (κ1) is 13.7. The molecule has 1 unspecified atom stereocenters. The first-order valence-electron chi connectivity index (χ1n) is 6.94. The number of anilines is 2. The smallest absolute Gasteiger partial charge is 0.340 e. The molecule has 0 bridgehead atoms. The maximum absolute atomic E-state index is 12.0. The highest BCUT2D eigenvalue weighted by Gasteiger charge is 2.23. The van der Waals surface area contributed by atoms with E-state index in [0.29, 0.717) is 23.8 Å². The monoisotopic (exact) mass is 262 g/mol. The highest BCUT2D eigenvalue weighted by molar-refractivity contribution is 5.99. The van der Waals surface area contributed by atoms with Crippen molar-refractivity contribution in [3.05, 3.63) is 23.8 Å². The summed E-state index contributed by atoms with van der Waals surface area (Å²) < 4.78 is 5.12. The van der Waals surface area contributed by atoms with Gasteiger partial charge in [0.1, 0.15) is 0 Å². The Morgan fingerprint density at radius 3 is 3.00 bits per heavy atom. The summed E-state index contributed by atoms with van der Waals surface area (Å²) in [5.74, 6) is 0.339. The molecule has 1 aromatic rings. The predicted octanol–water partition coefficient (Wildman–Crippen LogP) is 2.68. The highest BCUT2D eigenvalue weighted by atomic mass is 16.5. The summed E-state index contributed by atoms with van der Waals surface area (Å²) in [6.45, 7) is 6.32. The van der Waals surface area contributed by atoms with Crippen molar-refractivity contribution < 1.29 is 9.53 Å². The average molecular weight is 262 g/mol. The molecule has 0 spiro atoms. The van der Waals surface area contributed by atoms with Crippen LogP contribution in [0.3, 0.4) is 0 Å². The fourth-order valence-electron chi connectivity index (χ4n) is 2.68. The minimum atomic E-state index is -0.289. The van der Waals surface area contributed by atoms with E-state index in [9.17, 15) is 4.79 Å². The number of benzene rings is 1. The van der Waals surface area contributed by atoms with Gasteiger partial charge in [0.15, 0.2) is 0 Å². The van der Waals surface area contributed by atoms with Gasteiger partial charge in [0.05, 0.1) is 23.5 Å². The quantitative estimate of drug-likeness (QED) is 0.672. The van der Waals surface area contributed by atoms with Gasteiger partial charge in [0.2, 0.25) is 0 Å². The number of esters is 1. The number of piperidine rings is 1. The molecule has 4 nitrogen and oxygen atoms in total. The van der Waals surface area contributed by atoms with E-state index in [-0.39, 0.29) is 5.97 Å². The Morgan fingerprint density at radius 2 is 2.32 bits per heavy atom. The SMILES string of the molecule is CCOC(=O)c1cccc(N)c1N1CCCC(C)C1. The van der Waals surface area contributed by atoms with Gasteiger partial charge in [-0.2, -0.15) is 0 Å². The number of carbonyl (C=O) groups is 1. The molecule has 19 heavy (non-hydrogen) atoms. The van der Waals surface area contributed by atoms with Gasteiger partial charge in [0.25, 0.3) is 0 Å². The van der Waals surface area contributed by atoms with Gasteiger partial charge in [-0.25, -0.2) is 4.79 Å². The number of para-hydroxylation sites is 1. The van der Waals surface area contributed by atoms with Crippen molar-refractivity contribution in [1.29, 1.82) is 0 Å². The normalized spacial score (nSPS) is 19.3. The van der Waals surface area contributed by atoms with Gasteiger partial charge >= 0.3 is 5.97 Å². The lowest BCUT2D eigenvalue weighted by Crippen LogP contribution is -2.35. The van der Waals surface area contributed by atoms with Crippen LogP contribution in [0, 0.1) is 5.92 Å². The molecule has 4 heteroatoms. The van der Waals surface area contributed by atoms with E-state index in [1.165, 1.54) is 6.42 Å². The summed E-state index contributed by atoms with van der Waals surface area (Å²) in [5, 5.41) is 0. The van der Waals surface area contributed by atoms with E-state index >= 15 is 0 Å².